The van der Waals surface area contributed by atoms with Gasteiger partial charge in [-0.2, -0.15) is 0 Å². The van der Waals surface area contributed by atoms with E-state index in [2.05, 4.69) is 19.7 Å². The van der Waals surface area contributed by atoms with Gasteiger partial charge in [-0.25, -0.2) is 0 Å². The summed E-state index contributed by atoms with van der Waals surface area (Å²) in [6, 6.07) is 0. The molecule has 0 amide bonds. The fraction of sp³-hybridized carbons (Fsp3) is 0.333. The van der Waals surface area contributed by atoms with E-state index in [1.807, 2.05) is 13.8 Å². The first-order chi connectivity index (χ1) is 4.54. The molecule has 0 saturated carbocycles. The molecule has 0 atom stereocenters. The van der Waals surface area contributed by atoms with Gasteiger partial charge in [0.25, 0.3) is 0 Å². The number of allylic oxidation sites excluding steroid dienone is 1. The summed E-state index contributed by atoms with van der Waals surface area (Å²) in [5, 5.41) is 0. The first-order valence-electron chi connectivity index (χ1n) is 3.16. The Balaban J connectivity index is 3.60. The Bertz CT molecular complexity index is 166. The van der Waals surface area contributed by atoms with Gasteiger partial charge in [0.2, 0.25) is 0 Å². The van der Waals surface area contributed by atoms with E-state index < -0.39 is 0 Å². The normalized spacial score (nSPS) is 8.60. The van der Waals surface area contributed by atoms with E-state index >= 15 is 0 Å². The molecule has 0 bridgehead atoms. The average Bonchev–Trinajstić information content (AvgIpc) is 1.82. The number of hydrogen-bond acceptors (Lipinski definition) is 1. The van der Waals surface area contributed by atoms with E-state index in [4.69, 9.17) is 4.74 Å². The minimum Gasteiger partial charge on any atom is -0.490 e. The van der Waals surface area contributed by atoms with Crippen molar-refractivity contribution in [1.29, 1.82) is 0 Å². The Hall–Kier alpha value is -0.980. The fourth-order valence-electron chi connectivity index (χ4n) is 0.334. The topological polar surface area (TPSA) is 9.23 Å². The van der Waals surface area contributed by atoms with Gasteiger partial charge >= 0.3 is 0 Å². The summed E-state index contributed by atoms with van der Waals surface area (Å²) in [6.07, 6.45) is 0. The summed E-state index contributed by atoms with van der Waals surface area (Å²) in [7, 11) is 0. The van der Waals surface area contributed by atoms with Gasteiger partial charge in [0, 0.05) is 0 Å². The van der Waals surface area contributed by atoms with E-state index in [0.717, 1.165) is 11.1 Å². The van der Waals surface area contributed by atoms with Crippen LogP contribution in [0.25, 0.3) is 0 Å². The zero-order valence-electron chi connectivity index (χ0n) is 6.74. The number of rotatable bonds is 4. The van der Waals surface area contributed by atoms with Crippen LogP contribution in [-0.4, -0.2) is 6.61 Å². The predicted octanol–water partition coefficient (Wildman–Crippen LogP) is 2.67. The predicted molar refractivity (Wildman–Crippen MR) is 44.7 cm³/mol. The lowest BCUT2D eigenvalue weighted by molar-refractivity contribution is 0.250. The molecule has 0 aliphatic heterocycles. The second-order valence-corrected chi connectivity index (χ2v) is 2.45. The SMILES string of the molecule is C=C(C)COC(=C)C(=C)C. The molecule has 0 N–H and O–H groups in total. The molecule has 1 nitrogen and oxygen atoms in total. The van der Waals surface area contributed by atoms with E-state index in [9.17, 15) is 0 Å². The maximum atomic E-state index is 5.17. The lowest BCUT2D eigenvalue weighted by Crippen LogP contribution is -1.94. The summed E-state index contributed by atoms with van der Waals surface area (Å²) in [6.45, 7) is 15.3. The second kappa shape index (κ2) is 3.94. The maximum Gasteiger partial charge on any atom is 0.114 e. The minimum absolute atomic E-state index is 0.533. The third-order valence-corrected chi connectivity index (χ3v) is 0.969. The largest absolute Gasteiger partial charge is 0.490 e. The van der Waals surface area contributed by atoms with Gasteiger partial charge in [0.05, 0.1) is 0 Å². The Morgan fingerprint density at radius 1 is 1.20 bits per heavy atom. The van der Waals surface area contributed by atoms with Crippen molar-refractivity contribution in [3.63, 3.8) is 0 Å². The van der Waals surface area contributed by atoms with Crippen molar-refractivity contribution in [1.82, 2.24) is 0 Å². The Kier molecular flexibility index (Phi) is 3.55. The lowest BCUT2D eigenvalue weighted by atomic mass is 10.3. The van der Waals surface area contributed by atoms with Crippen LogP contribution < -0.4 is 0 Å². The summed E-state index contributed by atoms with van der Waals surface area (Å²) in [5.41, 5.74) is 1.85. The molecule has 0 fully saturated rings. The van der Waals surface area contributed by atoms with Gasteiger partial charge < -0.3 is 4.74 Å². The highest BCUT2D eigenvalue weighted by molar-refractivity contribution is 5.16. The van der Waals surface area contributed by atoms with Crippen LogP contribution >= 0.6 is 0 Å². The van der Waals surface area contributed by atoms with E-state index in [-0.39, 0.29) is 0 Å². The van der Waals surface area contributed by atoms with Crippen LogP contribution in [0.1, 0.15) is 13.8 Å². The van der Waals surface area contributed by atoms with Gasteiger partial charge in [-0.15, -0.1) is 0 Å². The van der Waals surface area contributed by atoms with Crippen LogP contribution in [0.5, 0.6) is 0 Å². The van der Waals surface area contributed by atoms with Crippen molar-refractivity contribution in [2.45, 2.75) is 13.8 Å². The van der Waals surface area contributed by atoms with Crippen LogP contribution in [0, 0.1) is 0 Å². The highest BCUT2D eigenvalue weighted by Gasteiger charge is 1.93. The number of ether oxygens (including phenoxy) is 1. The summed E-state index contributed by atoms with van der Waals surface area (Å²) >= 11 is 0. The van der Waals surface area contributed by atoms with Crippen molar-refractivity contribution >= 4 is 0 Å². The minimum atomic E-state index is 0.533. The Morgan fingerprint density at radius 2 is 1.70 bits per heavy atom. The molecule has 0 heterocycles. The van der Waals surface area contributed by atoms with Crippen molar-refractivity contribution in [3.8, 4) is 0 Å². The third-order valence-electron chi connectivity index (χ3n) is 0.969. The summed E-state index contributed by atoms with van der Waals surface area (Å²) in [5.74, 6) is 0.642. The molecule has 56 valence electrons. The quantitative estimate of drug-likeness (QED) is 0.329. The monoisotopic (exact) mass is 138 g/mol. The standard InChI is InChI=1S/C9H14O/c1-7(2)6-10-9(5)8(3)4/h1,3,5-6H2,2,4H3. The molecular weight excluding hydrogens is 124 g/mol. The van der Waals surface area contributed by atoms with E-state index in [1.54, 1.807) is 0 Å². The zero-order valence-corrected chi connectivity index (χ0v) is 6.74. The molecule has 0 aromatic heterocycles. The second-order valence-electron chi connectivity index (χ2n) is 2.45. The van der Waals surface area contributed by atoms with Gasteiger partial charge in [0.15, 0.2) is 0 Å². The van der Waals surface area contributed by atoms with E-state index in [1.165, 1.54) is 0 Å². The molecule has 0 aromatic carbocycles. The summed E-state index contributed by atoms with van der Waals surface area (Å²) in [4.78, 5) is 0. The highest BCUT2D eigenvalue weighted by Crippen LogP contribution is 2.05. The molecular formula is C9H14O. The van der Waals surface area contributed by atoms with Crippen LogP contribution in [0.2, 0.25) is 0 Å². The highest BCUT2D eigenvalue weighted by atomic mass is 16.5. The smallest absolute Gasteiger partial charge is 0.114 e. The summed E-state index contributed by atoms with van der Waals surface area (Å²) < 4.78 is 5.17. The molecule has 0 rings (SSSR count). The lowest BCUT2D eigenvalue weighted by Gasteiger charge is -2.07. The van der Waals surface area contributed by atoms with E-state index in [0.29, 0.717) is 12.4 Å². The average molecular weight is 138 g/mol. The molecule has 0 saturated heterocycles. The van der Waals surface area contributed by atoms with Crippen LogP contribution in [0.3, 0.4) is 0 Å². The molecule has 0 unspecified atom stereocenters. The van der Waals surface area contributed by atoms with Gasteiger partial charge in [0.1, 0.15) is 12.4 Å². The van der Waals surface area contributed by atoms with Crippen molar-refractivity contribution in [3.05, 3.63) is 36.6 Å². The first-order valence-corrected chi connectivity index (χ1v) is 3.16. The Morgan fingerprint density at radius 3 is 2.00 bits per heavy atom. The van der Waals surface area contributed by atoms with Crippen LogP contribution in [0.15, 0.2) is 36.6 Å². The molecule has 10 heavy (non-hydrogen) atoms. The molecule has 0 aliphatic rings. The number of hydrogen-bond donors (Lipinski definition) is 0. The molecule has 0 aliphatic carbocycles. The Labute approximate surface area is 62.7 Å². The molecule has 0 spiro atoms. The van der Waals surface area contributed by atoms with Crippen LogP contribution in [-0.2, 0) is 4.74 Å². The van der Waals surface area contributed by atoms with Crippen molar-refractivity contribution in [2.24, 2.45) is 0 Å². The molecule has 1 heteroatoms. The first kappa shape index (κ1) is 9.02. The van der Waals surface area contributed by atoms with Crippen LogP contribution in [0.4, 0.5) is 0 Å². The van der Waals surface area contributed by atoms with Gasteiger partial charge in [-0.3, -0.25) is 0 Å². The fourth-order valence-corrected chi connectivity index (χ4v) is 0.334. The third kappa shape index (κ3) is 3.96. The van der Waals surface area contributed by atoms with Crippen molar-refractivity contribution < 1.29 is 4.74 Å². The van der Waals surface area contributed by atoms with Crippen molar-refractivity contribution in [2.75, 3.05) is 6.61 Å². The van der Waals surface area contributed by atoms with Gasteiger partial charge in [-0.05, 0) is 25.0 Å². The van der Waals surface area contributed by atoms with Gasteiger partial charge in [-0.1, -0.05) is 19.7 Å². The molecule has 0 radical (unpaired) electrons. The zero-order chi connectivity index (χ0) is 8.15. The molecule has 0 aromatic rings. The maximum absolute atomic E-state index is 5.17.